The van der Waals surface area contributed by atoms with Gasteiger partial charge in [-0.1, -0.05) is 0 Å². The average molecular weight is 302 g/mol. The van der Waals surface area contributed by atoms with Crippen LogP contribution in [0, 0.1) is 0 Å². The summed E-state index contributed by atoms with van der Waals surface area (Å²) in [5.41, 5.74) is 8.27. The van der Waals surface area contributed by atoms with Crippen molar-refractivity contribution >= 4 is 22.9 Å². The Bertz CT molecular complexity index is 666. The van der Waals surface area contributed by atoms with Crippen LogP contribution in [0.2, 0.25) is 0 Å². The fraction of sp³-hybridized carbons (Fsp3) is 0.312. The van der Waals surface area contributed by atoms with E-state index in [4.69, 9.17) is 10.5 Å². The molecule has 0 atom stereocenters. The van der Waals surface area contributed by atoms with Crippen LogP contribution in [0.3, 0.4) is 0 Å². The van der Waals surface area contributed by atoms with Gasteiger partial charge >= 0.3 is 0 Å². The highest BCUT2D eigenvalue weighted by Gasteiger charge is 2.23. The predicted molar refractivity (Wildman–Crippen MR) is 84.8 cm³/mol. The molecule has 0 spiro atoms. The average Bonchev–Trinajstić information content (AvgIpc) is 2.93. The van der Waals surface area contributed by atoms with Gasteiger partial charge in [0.15, 0.2) is 0 Å². The lowest BCUT2D eigenvalue weighted by Crippen LogP contribution is -2.35. The molecule has 4 nitrogen and oxygen atoms in total. The molecule has 3 rings (SSSR count). The summed E-state index contributed by atoms with van der Waals surface area (Å²) in [4.78, 5) is 15.9. The van der Waals surface area contributed by atoms with Crippen LogP contribution in [-0.2, 0) is 13.0 Å². The van der Waals surface area contributed by atoms with E-state index in [9.17, 15) is 4.79 Å². The van der Waals surface area contributed by atoms with Crippen LogP contribution < -0.4 is 10.5 Å². The fourth-order valence-electron chi connectivity index (χ4n) is 2.60. The summed E-state index contributed by atoms with van der Waals surface area (Å²) < 4.78 is 5.46. The van der Waals surface area contributed by atoms with Crippen LogP contribution >= 0.6 is 11.3 Å². The Kier molecular flexibility index (Phi) is 3.84. The van der Waals surface area contributed by atoms with Crippen LogP contribution in [0.25, 0.3) is 0 Å². The molecule has 0 saturated carbocycles. The molecule has 5 heteroatoms. The number of amides is 1. The highest BCUT2D eigenvalue weighted by atomic mass is 32.1. The minimum atomic E-state index is 0.0140. The van der Waals surface area contributed by atoms with Crippen molar-refractivity contribution in [1.29, 1.82) is 0 Å². The normalized spacial score (nSPS) is 13.9. The smallest absolute Gasteiger partial charge is 0.254 e. The van der Waals surface area contributed by atoms with E-state index in [0.29, 0.717) is 30.2 Å². The van der Waals surface area contributed by atoms with Crippen molar-refractivity contribution in [2.45, 2.75) is 19.9 Å². The third kappa shape index (κ3) is 2.88. The van der Waals surface area contributed by atoms with Gasteiger partial charge in [0.25, 0.3) is 5.91 Å². The summed E-state index contributed by atoms with van der Waals surface area (Å²) in [6, 6.07) is 7.33. The van der Waals surface area contributed by atoms with Gasteiger partial charge in [0.05, 0.1) is 6.61 Å². The SMILES string of the molecule is CCOc1cc(N)cc(C(=O)N2CCc3sccc3C2)c1. The summed E-state index contributed by atoms with van der Waals surface area (Å²) in [6.45, 7) is 3.90. The molecule has 0 bridgehead atoms. The Morgan fingerprint density at radius 2 is 2.29 bits per heavy atom. The molecule has 21 heavy (non-hydrogen) atoms. The molecule has 0 unspecified atom stereocenters. The molecule has 2 heterocycles. The number of carbonyl (C=O) groups is 1. The number of carbonyl (C=O) groups excluding carboxylic acids is 1. The number of benzene rings is 1. The molecule has 1 amide bonds. The summed E-state index contributed by atoms with van der Waals surface area (Å²) >= 11 is 1.77. The van der Waals surface area contributed by atoms with Crippen LogP contribution in [0.4, 0.5) is 5.69 Å². The molecule has 0 aliphatic carbocycles. The number of nitrogen functional groups attached to an aromatic ring is 1. The third-order valence-electron chi connectivity index (χ3n) is 3.58. The first-order valence-corrected chi connectivity index (χ1v) is 7.93. The Hall–Kier alpha value is -2.01. The zero-order chi connectivity index (χ0) is 14.8. The summed E-state index contributed by atoms with van der Waals surface area (Å²) in [5, 5.41) is 2.09. The lowest BCUT2D eigenvalue weighted by molar-refractivity contribution is 0.0735. The van der Waals surface area contributed by atoms with Crippen LogP contribution in [0.15, 0.2) is 29.6 Å². The molecule has 2 N–H and O–H groups in total. The van der Waals surface area contributed by atoms with Gasteiger partial charge in [0.1, 0.15) is 5.75 Å². The summed E-state index contributed by atoms with van der Waals surface area (Å²) in [5.74, 6) is 0.661. The summed E-state index contributed by atoms with van der Waals surface area (Å²) in [7, 11) is 0. The maximum atomic E-state index is 12.7. The number of nitrogens with zero attached hydrogens (tertiary/aromatic N) is 1. The molecule has 0 radical (unpaired) electrons. The molecule has 1 aromatic carbocycles. The van der Waals surface area contributed by atoms with Gasteiger partial charge < -0.3 is 15.4 Å². The van der Waals surface area contributed by atoms with Crippen LogP contribution in [0.5, 0.6) is 5.75 Å². The van der Waals surface area contributed by atoms with Crippen molar-refractivity contribution in [2.24, 2.45) is 0 Å². The fourth-order valence-corrected chi connectivity index (χ4v) is 3.49. The molecule has 0 saturated heterocycles. The van der Waals surface area contributed by atoms with E-state index >= 15 is 0 Å². The van der Waals surface area contributed by atoms with Crippen LogP contribution in [0.1, 0.15) is 27.7 Å². The zero-order valence-electron chi connectivity index (χ0n) is 12.0. The van der Waals surface area contributed by atoms with Gasteiger partial charge in [0, 0.05) is 35.3 Å². The zero-order valence-corrected chi connectivity index (χ0v) is 12.8. The van der Waals surface area contributed by atoms with E-state index in [1.54, 1.807) is 29.5 Å². The number of thiophene rings is 1. The topological polar surface area (TPSA) is 55.6 Å². The molecule has 2 aromatic rings. The molecule has 110 valence electrons. The Labute approximate surface area is 128 Å². The minimum absolute atomic E-state index is 0.0140. The first kappa shape index (κ1) is 13.9. The molecule has 0 fully saturated rings. The van der Waals surface area contributed by atoms with Crippen molar-refractivity contribution < 1.29 is 9.53 Å². The molecule has 1 aromatic heterocycles. The van der Waals surface area contributed by atoms with E-state index in [0.717, 1.165) is 13.0 Å². The van der Waals surface area contributed by atoms with Gasteiger partial charge in [-0.3, -0.25) is 4.79 Å². The van der Waals surface area contributed by atoms with Crippen molar-refractivity contribution in [3.8, 4) is 5.75 Å². The van der Waals surface area contributed by atoms with E-state index in [2.05, 4.69) is 11.4 Å². The molecular formula is C16H18N2O2S. The summed E-state index contributed by atoms with van der Waals surface area (Å²) in [6.07, 6.45) is 0.930. The number of ether oxygens (including phenoxy) is 1. The first-order chi connectivity index (χ1) is 10.2. The number of hydrogen-bond donors (Lipinski definition) is 1. The second kappa shape index (κ2) is 5.77. The Balaban J connectivity index is 1.82. The van der Waals surface area contributed by atoms with E-state index in [1.165, 1.54) is 10.4 Å². The quantitative estimate of drug-likeness (QED) is 0.887. The van der Waals surface area contributed by atoms with Crippen LogP contribution in [-0.4, -0.2) is 24.0 Å². The largest absolute Gasteiger partial charge is 0.494 e. The van der Waals surface area contributed by atoms with Crippen molar-refractivity contribution in [3.63, 3.8) is 0 Å². The van der Waals surface area contributed by atoms with Gasteiger partial charge in [0.2, 0.25) is 0 Å². The maximum absolute atomic E-state index is 12.7. The lowest BCUT2D eigenvalue weighted by Gasteiger charge is -2.27. The van der Waals surface area contributed by atoms with E-state index in [1.807, 2.05) is 11.8 Å². The number of fused-ring (bicyclic) bond motifs is 1. The van der Waals surface area contributed by atoms with Crippen molar-refractivity contribution in [2.75, 3.05) is 18.9 Å². The van der Waals surface area contributed by atoms with Crippen molar-refractivity contribution in [1.82, 2.24) is 4.90 Å². The highest BCUT2D eigenvalue weighted by molar-refractivity contribution is 7.10. The number of anilines is 1. The number of nitrogens with two attached hydrogens (primary N) is 1. The third-order valence-corrected chi connectivity index (χ3v) is 4.60. The lowest BCUT2D eigenvalue weighted by atomic mass is 10.1. The molecular weight excluding hydrogens is 284 g/mol. The monoisotopic (exact) mass is 302 g/mol. The van der Waals surface area contributed by atoms with Gasteiger partial charge in [-0.25, -0.2) is 0 Å². The van der Waals surface area contributed by atoms with E-state index in [-0.39, 0.29) is 5.91 Å². The number of rotatable bonds is 3. The minimum Gasteiger partial charge on any atom is -0.494 e. The van der Waals surface area contributed by atoms with Gasteiger partial charge in [-0.05, 0) is 42.5 Å². The second-order valence-electron chi connectivity index (χ2n) is 5.07. The van der Waals surface area contributed by atoms with Gasteiger partial charge in [-0.2, -0.15) is 0 Å². The Morgan fingerprint density at radius 1 is 1.43 bits per heavy atom. The molecule has 1 aliphatic rings. The van der Waals surface area contributed by atoms with Crippen molar-refractivity contribution in [3.05, 3.63) is 45.6 Å². The first-order valence-electron chi connectivity index (χ1n) is 7.05. The second-order valence-corrected chi connectivity index (χ2v) is 6.07. The number of hydrogen-bond acceptors (Lipinski definition) is 4. The standard InChI is InChI=1S/C16H18N2O2S/c1-2-20-14-8-12(7-13(17)9-14)16(19)18-5-3-15-11(10-18)4-6-21-15/h4,6-9H,2-3,5,10,17H2,1H3. The van der Waals surface area contributed by atoms with Gasteiger partial charge in [-0.15, -0.1) is 11.3 Å². The predicted octanol–water partition coefficient (Wildman–Crippen LogP) is 2.93. The maximum Gasteiger partial charge on any atom is 0.254 e. The molecule has 1 aliphatic heterocycles. The highest BCUT2D eigenvalue weighted by Crippen LogP contribution is 2.26. The Morgan fingerprint density at radius 3 is 3.10 bits per heavy atom. The van der Waals surface area contributed by atoms with E-state index < -0.39 is 0 Å².